The summed E-state index contributed by atoms with van der Waals surface area (Å²) in [5, 5.41) is 9.99. The summed E-state index contributed by atoms with van der Waals surface area (Å²) >= 11 is 0. The normalized spacial score (nSPS) is 13.1. The maximum absolute atomic E-state index is 13.5. The Bertz CT molecular complexity index is 578. The van der Waals surface area contributed by atoms with Crippen molar-refractivity contribution < 1.29 is 27.4 Å². The fraction of sp³-hybridized carbons (Fsp3) is 0.143. The van der Waals surface area contributed by atoms with E-state index in [2.05, 4.69) is 4.74 Å². The predicted octanol–water partition coefficient (Wildman–Crippen LogP) is 3.81. The van der Waals surface area contributed by atoms with Crippen molar-refractivity contribution in [2.45, 2.75) is 12.5 Å². The molecule has 1 atom stereocenters. The van der Waals surface area contributed by atoms with Crippen molar-refractivity contribution in [3.05, 3.63) is 65.5 Å². The molecule has 20 heavy (non-hydrogen) atoms. The van der Waals surface area contributed by atoms with Gasteiger partial charge in [-0.05, 0) is 23.8 Å². The van der Waals surface area contributed by atoms with Gasteiger partial charge in [-0.1, -0.05) is 30.3 Å². The van der Waals surface area contributed by atoms with Gasteiger partial charge >= 0.3 is 6.36 Å². The van der Waals surface area contributed by atoms with Crippen molar-refractivity contribution in [3.8, 4) is 5.75 Å². The lowest BCUT2D eigenvalue weighted by atomic mass is 10.0. The topological polar surface area (TPSA) is 29.5 Å². The molecule has 1 unspecified atom stereocenters. The Morgan fingerprint density at radius 1 is 0.950 bits per heavy atom. The SMILES string of the molecule is OC(c1ccc(OC(F)(F)F)cc1)c1ccccc1F. The summed E-state index contributed by atoms with van der Waals surface area (Å²) in [6.07, 6.45) is -6.03. The van der Waals surface area contributed by atoms with Crippen LogP contribution in [0.15, 0.2) is 48.5 Å². The van der Waals surface area contributed by atoms with Gasteiger partial charge in [0.15, 0.2) is 0 Å². The molecule has 2 nitrogen and oxygen atoms in total. The molecule has 0 radical (unpaired) electrons. The highest BCUT2D eigenvalue weighted by Crippen LogP contribution is 2.27. The number of ether oxygens (including phenoxy) is 1. The number of alkyl halides is 3. The molecule has 0 aromatic heterocycles. The second-order valence-electron chi connectivity index (χ2n) is 4.04. The smallest absolute Gasteiger partial charge is 0.406 e. The number of halogens is 4. The van der Waals surface area contributed by atoms with Crippen LogP contribution in [0.1, 0.15) is 17.2 Å². The fourth-order valence-corrected chi connectivity index (χ4v) is 1.73. The quantitative estimate of drug-likeness (QED) is 0.869. The number of rotatable bonds is 3. The maximum Gasteiger partial charge on any atom is 0.573 e. The van der Waals surface area contributed by atoms with E-state index >= 15 is 0 Å². The van der Waals surface area contributed by atoms with Crippen molar-refractivity contribution >= 4 is 0 Å². The molecule has 0 bridgehead atoms. The number of hydrogen-bond donors (Lipinski definition) is 1. The first-order valence-electron chi connectivity index (χ1n) is 5.65. The molecule has 2 aromatic rings. The molecular formula is C14H10F4O2. The third-order valence-electron chi connectivity index (χ3n) is 2.63. The van der Waals surface area contributed by atoms with Crippen LogP contribution in [0.25, 0.3) is 0 Å². The predicted molar refractivity (Wildman–Crippen MR) is 63.6 cm³/mol. The Kier molecular flexibility index (Phi) is 3.94. The van der Waals surface area contributed by atoms with Crippen LogP contribution in [-0.2, 0) is 0 Å². The van der Waals surface area contributed by atoms with Gasteiger partial charge in [-0.15, -0.1) is 13.2 Å². The van der Waals surface area contributed by atoms with E-state index in [0.29, 0.717) is 0 Å². The summed E-state index contributed by atoms with van der Waals surface area (Å²) in [5.41, 5.74) is 0.321. The molecule has 0 saturated heterocycles. The Balaban J connectivity index is 2.20. The lowest BCUT2D eigenvalue weighted by Crippen LogP contribution is -2.17. The minimum Gasteiger partial charge on any atom is -0.406 e. The van der Waals surface area contributed by atoms with Gasteiger partial charge in [-0.25, -0.2) is 4.39 Å². The molecule has 0 heterocycles. The van der Waals surface area contributed by atoms with E-state index in [1.54, 1.807) is 6.07 Å². The van der Waals surface area contributed by atoms with Gasteiger partial charge < -0.3 is 9.84 Å². The lowest BCUT2D eigenvalue weighted by Gasteiger charge is -2.13. The van der Waals surface area contributed by atoms with Crippen LogP contribution in [0, 0.1) is 5.82 Å². The van der Waals surface area contributed by atoms with Gasteiger partial charge in [0.1, 0.15) is 17.7 Å². The van der Waals surface area contributed by atoms with Crippen molar-refractivity contribution in [3.63, 3.8) is 0 Å². The molecule has 2 rings (SSSR count). The first-order valence-corrected chi connectivity index (χ1v) is 5.65. The molecule has 6 heteroatoms. The lowest BCUT2D eigenvalue weighted by molar-refractivity contribution is -0.274. The molecular weight excluding hydrogens is 276 g/mol. The van der Waals surface area contributed by atoms with E-state index in [1.807, 2.05) is 0 Å². The van der Waals surface area contributed by atoms with Crippen molar-refractivity contribution in [1.29, 1.82) is 0 Å². The molecule has 0 amide bonds. The van der Waals surface area contributed by atoms with Crippen molar-refractivity contribution in [1.82, 2.24) is 0 Å². The summed E-state index contributed by atoms with van der Waals surface area (Å²) in [7, 11) is 0. The van der Waals surface area contributed by atoms with E-state index in [-0.39, 0.29) is 11.1 Å². The Morgan fingerprint density at radius 2 is 1.55 bits per heavy atom. The van der Waals surface area contributed by atoms with E-state index < -0.39 is 24.0 Å². The average Bonchev–Trinajstić information content (AvgIpc) is 2.37. The molecule has 1 N–H and O–H groups in total. The molecule has 2 aromatic carbocycles. The van der Waals surface area contributed by atoms with Crippen LogP contribution in [0.4, 0.5) is 17.6 Å². The molecule has 106 valence electrons. The number of benzene rings is 2. The third kappa shape index (κ3) is 3.48. The molecule has 0 aliphatic rings. The van der Waals surface area contributed by atoms with Crippen molar-refractivity contribution in [2.75, 3.05) is 0 Å². The summed E-state index contributed by atoms with van der Waals surface area (Å²) in [4.78, 5) is 0. The summed E-state index contributed by atoms with van der Waals surface area (Å²) in [6, 6.07) is 10.3. The Morgan fingerprint density at radius 3 is 2.10 bits per heavy atom. The van der Waals surface area contributed by atoms with Gasteiger partial charge in [-0.2, -0.15) is 0 Å². The van der Waals surface area contributed by atoms with Gasteiger partial charge in [-0.3, -0.25) is 0 Å². The van der Waals surface area contributed by atoms with Gasteiger partial charge in [0, 0.05) is 5.56 Å². The number of aliphatic hydroxyl groups excluding tert-OH is 1. The summed E-state index contributed by atoms with van der Waals surface area (Å²) in [6.45, 7) is 0. The Hall–Kier alpha value is -2.08. The van der Waals surface area contributed by atoms with Crippen LogP contribution in [0.5, 0.6) is 5.75 Å². The second kappa shape index (κ2) is 5.50. The third-order valence-corrected chi connectivity index (χ3v) is 2.63. The van der Waals surface area contributed by atoms with E-state index in [4.69, 9.17) is 0 Å². The van der Waals surface area contributed by atoms with E-state index in [0.717, 1.165) is 12.1 Å². The first-order chi connectivity index (χ1) is 9.37. The van der Waals surface area contributed by atoms with Crippen LogP contribution in [-0.4, -0.2) is 11.5 Å². The average molecular weight is 286 g/mol. The summed E-state index contributed by atoms with van der Waals surface area (Å²) in [5.74, 6) is -0.988. The van der Waals surface area contributed by atoms with Crippen molar-refractivity contribution in [2.24, 2.45) is 0 Å². The van der Waals surface area contributed by atoms with E-state index in [9.17, 15) is 22.7 Å². The van der Waals surface area contributed by atoms with Gasteiger partial charge in [0.2, 0.25) is 0 Å². The highest BCUT2D eigenvalue weighted by Gasteiger charge is 2.31. The van der Waals surface area contributed by atoms with Crippen LogP contribution in [0.3, 0.4) is 0 Å². The van der Waals surface area contributed by atoms with Crippen LogP contribution < -0.4 is 4.74 Å². The highest BCUT2D eigenvalue weighted by atomic mass is 19.4. The van der Waals surface area contributed by atoms with Crippen LogP contribution in [0.2, 0.25) is 0 Å². The minimum atomic E-state index is -4.77. The number of hydrogen-bond acceptors (Lipinski definition) is 2. The zero-order chi connectivity index (χ0) is 14.8. The highest BCUT2D eigenvalue weighted by molar-refractivity contribution is 5.34. The minimum absolute atomic E-state index is 0.0528. The first kappa shape index (κ1) is 14.3. The molecule has 0 spiro atoms. The fourth-order valence-electron chi connectivity index (χ4n) is 1.73. The van der Waals surface area contributed by atoms with Crippen LogP contribution >= 0.6 is 0 Å². The summed E-state index contributed by atoms with van der Waals surface area (Å²) < 4.78 is 53.2. The largest absolute Gasteiger partial charge is 0.573 e. The Labute approximate surface area is 112 Å². The monoisotopic (exact) mass is 286 g/mol. The van der Waals surface area contributed by atoms with E-state index in [1.165, 1.54) is 30.3 Å². The second-order valence-corrected chi connectivity index (χ2v) is 4.04. The molecule has 0 aliphatic heterocycles. The molecule has 0 saturated carbocycles. The maximum atomic E-state index is 13.5. The van der Waals surface area contributed by atoms with Gasteiger partial charge in [0.25, 0.3) is 0 Å². The molecule has 0 aliphatic carbocycles. The zero-order valence-electron chi connectivity index (χ0n) is 10.1. The van der Waals surface area contributed by atoms with Gasteiger partial charge in [0.05, 0.1) is 0 Å². The molecule has 0 fully saturated rings. The standard InChI is InChI=1S/C14H10F4O2/c15-12-4-2-1-3-11(12)13(19)9-5-7-10(8-6-9)20-14(16,17)18/h1-8,13,19H. The zero-order valence-corrected chi connectivity index (χ0v) is 10.1. The number of aliphatic hydroxyl groups is 1.